The predicted octanol–water partition coefficient (Wildman–Crippen LogP) is 3.17. The molecule has 2 unspecified atom stereocenters. The highest BCUT2D eigenvalue weighted by Crippen LogP contribution is 2.44. The summed E-state index contributed by atoms with van der Waals surface area (Å²) in [4.78, 5) is 37.9. The maximum absolute atomic E-state index is 12.8. The first-order valence-corrected chi connectivity index (χ1v) is 11.3. The fraction of sp³-hybridized carbons (Fsp3) is 0.346. The lowest BCUT2D eigenvalue weighted by Gasteiger charge is -2.37. The number of nitrogens with one attached hydrogen (secondary N) is 1. The Labute approximate surface area is 198 Å². The van der Waals surface area contributed by atoms with Gasteiger partial charge in [-0.15, -0.1) is 0 Å². The predicted molar refractivity (Wildman–Crippen MR) is 125 cm³/mol. The number of morpholine rings is 1. The highest BCUT2D eigenvalue weighted by Gasteiger charge is 2.38. The number of rotatable bonds is 6. The lowest BCUT2D eigenvalue weighted by Crippen LogP contribution is -2.56. The van der Waals surface area contributed by atoms with Gasteiger partial charge in [0.2, 0.25) is 5.91 Å². The van der Waals surface area contributed by atoms with E-state index in [1.807, 2.05) is 24.3 Å². The standard InChI is InChI=1S/C26H28N2O6/c1-16(24(29)28-13-14-33-17(2)23(28)25(30)31)11-12-27-26(32)34-15-22-20-9-5-3-7-18(20)19-8-4-6-10-21(19)22/h3-11,17,22-23H,12-15H2,1-2H3,(H,27,32)(H,30,31)/b16-11+. The van der Waals surface area contributed by atoms with E-state index >= 15 is 0 Å². The van der Waals surface area contributed by atoms with E-state index in [4.69, 9.17) is 9.47 Å². The van der Waals surface area contributed by atoms with Crippen LogP contribution in [0.4, 0.5) is 4.79 Å². The molecule has 2 amide bonds. The van der Waals surface area contributed by atoms with Crippen LogP contribution in [0.1, 0.15) is 30.9 Å². The lowest BCUT2D eigenvalue weighted by atomic mass is 9.98. The zero-order valence-electron chi connectivity index (χ0n) is 19.2. The van der Waals surface area contributed by atoms with Crippen LogP contribution in [0.3, 0.4) is 0 Å². The van der Waals surface area contributed by atoms with E-state index in [0.29, 0.717) is 5.57 Å². The second kappa shape index (κ2) is 10.1. The van der Waals surface area contributed by atoms with E-state index < -0.39 is 30.1 Å². The minimum Gasteiger partial charge on any atom is -0.480 e. The van der Waals surface area contributed by atoms with Crippen LogP contribution in [0, 0.1) is 0 Å². The number of amides is 2. The summed E-state index contributed by atoms with van der Waals surface area (Å²) in [7, 11) is 0. The molecule has 4 rings (SSSR count). The molecule has 1 fully saturated rings. The van der Waals surface area contributed by atoms with Gasteiger partial charge >= 0.3 is 12.1 Å². The molecule has 1 saturated heterocycles. The Morgan fingerprint density at radius 1 is 1.12 bits per heavy atom. The zero-order valence-corrected chi connectivity index (χ0v) is 19.2. The van der Waals surface area contributed by atoms with Gasteiger partial charge in [0.25, 0.3) is 0 Å². The first-order valence-electron chi connectivity index (χ1n) is 11.3. The Morgan fingerprint density at radius 2 is 1.74 bits per heavy atom. The molecule has 2 N–H and O–H groups in total. The minimum absolute atomic E-state index is 0.0340. The average molecular weight is 465 g/mol. The molecule has 1 aliphatic carbocycles. The van der Waals surface area contributed by atoms with Gasteiger partial charge in [-0.25, -0.2) is 9.59 Å². The van der Waals surface area contributed by atoms with Gasteiger partial charge in [0, 0.05) is 24.6 Å². The summed E-state index contributed by atoms with van der Waals surface area (Å²) in [6.45, 7) is 4.00. The Bertz CT molecular complexity index is 1080. The number of hydrogen-bond acceptors (Lipinski definition) is 5. The number of carboxylic acid groups (broad SMARTS) is 1. The maximum Gasteiger partial charge on any atom is 0.407 e. The van der Waals surface area contributed by atoms with Crippen molar-refractivity contribution < 1.29 is 29.0 Å². The molecule has 0 radical (unpaired) electrons. The van der Waals surface area contributed by atoms with Crippen molar-refractivity contribution in [2.75, 3.05) is 26.3 Å². The van der Waals surface area contributed by atoms with Crippen molar-refractivity contribution in [1.29, 1.82) is 0 Å². The van der Waals surface area contributed by atoms with Crippen molar-refractivity contribution in [3.8, 4) is 11.1 Å². The normalized spacial score (nSPS) is 19.8. The van der Waals surface area contributed by atoms with Gasteiger partial charge in [0.05, 0.1) is 12.7 Å². The van der Waals surface area contributed by atoms with Crippen molar-refractivity contribution in [2.45, 2.75) is 31.9 Å². The third-order valence-corrected chi connectivity index (χ3v) is 6.34. The second-order valence-electron chi connectivity index (χ2n) is 8.45. The summed E-state index contributed by atoms with van der Waals surface area (Å²) in [5, 5.41) is 12.1. The molecule has 178 valence electrons. The van der Waals surface area contributed by atoms with E-state index in [1.165, 1.54) is 4.90 Å². The molecule has 8 nitrogen and oxygen atoms in total. The first kappa shape index (κ1) is 23.5. The summed E-state index contributed by atoms with van der Waals surface area (Å²) in [6.07, 6.45) is 0.381. The quantitative estimate of drug-likeness (QED) is 0.637. The van der Waals surface area contributed by atoms with Crippen molar-refractivity contribution >= 4 is 18.0 Å². The lowest BCUT2D eigenvalue weighted by molar-refractivity contribution is -0.163. The summed E-state index contributed by atoms with van der Waals surface area (Å²) >= 11 is 0. The maximum atomic E-state index is 12.8. The molecular weight excluding hydrogens is 436 g/mol. The van der Waals surface area contributed by atoms with E-state index in [0.717, 1.165) is 22.3 Å². The smallest absolute Gasteiger partial charge is 0.407 e. The molecule has 2 aliphatic rings. The van der Waals surface area contributed by atoms with Crippen molar-refractivity contribution in [1.82, 2.24) is 10.2 Å². The monoisotopic (exact) mass is 464 g/mol. The van der Waals surface area contributed by atoms with Gasteiger partial charge in [-0.3, -0.25) is 4.79 Å². The fourth-order valence-electron chi connectivity index (χ4n) is 4.63. The number of carboxylic acids is 1. The molecule has 0 saturated carbocycles. The van der Waals surface area contributed by atoms with Gasteiger partial charge in [0.15, 0.2) is 6.04 Å². The Balaban J connectivity index is 1.32. The van der Waals surface area contributed by atoms with Crippen molar-refractivity contribution in [3.05, 3.63) is 71.3 Å². The van der Waals surface area contributed by atoms with Crippen LogP contribution in [0.2, 0.25) is 0 Å². The molecule has 0 bridgehead atoms. The van der Waals surface area contributed by atoms with Gasteiger partial charge in [-0.05, 0) is 36.1 Å². The summed E-state index contributed by atoms with van der Waals surface area (Å²) < 4.78 is 10.9. The number of hydrogen-bond donors (Lipinski definition) is 2. The summed E-state index contributed by atoms with van der Waals surface area (Å²) in [5.74, 6) is -1.53. The topological polar surface area (TPSA) is 105 Å². The number of alkyl carbamates (subject to hydrolysis) is 1. The van der Waals surface area contributed by atoms with E-state index in [1.54, 1.807) is 19.9 Å². The molecule has 2 aromatic rings. The van der Waals surface area contributed by atoms with Crippen LogP contribution in [0.25, 0.3) is 11.1 Å². The Morgan fingerprint density at radius 3 is 2.35 bits per heavy atom. The number of aliphatic carboxylic acids is 1. The highest BCUT2D eigenvalue weighted by atomic mass is 16.5. The van der Waals surface area contributed by atoms with Crippen LogP contribution in [0.15, 0.2) is 60.2 Å². The molecule has 1 heterocycles. The largest absolute Gasteiger partial charge is 0.480 e. The zero-order chi connectivity index (χ0) is 24.2. The third kappa shape index (κ3) is 4.68. The van der Waals surface area contributed by atoms with Gasteiger partial charge in [0.1, 0.15) is 6.61 Å². The third-order valence-electron chi connectivity index (χ3n) is 6.34. The summed E-state index contributed by atoms with van der Waals surface area (Å²) in [6, 6.07) is 15.2. The summed E-state index contributed by atoms with van der Waals surface area (Å²) in [5.41, 5.74) is 4.91. The van der Waals surface area contributed by atoms with Gasteiger partial charge in [-0.2, -0.15) is 0 Å². The van der Waals surface area contributed by atoms with Gasteiger partial charge in [-0.1, -0.05) is 54.6 Å². The molecular formula is C26H28N2O6. The second-order valence-corrected chi connectivity index (χ2v) is 8.45. The van der Waals surface area contributed by atoms with Crippen LogP contribution in [0.5, 0.6) is 0 Å². The number of benzene rings is 2. The fourth-order valence-corrected chi connectivity index (χ4v) is 4.63. The van der Waals surface area contributed by atoms with Crippen LogP contribution >= 0.6 is 0 Å². The SMILES string of the molecule is C/C(=C\CNC(=O)OCC1c2ccccc2-c2ccccc21)C(=O)N1CCOC(C)C1C(=O)O. The van der Waals surface area contributed by atoms with Gasteiger partial charge < -0.3 is 24.8 Å². The van der Waals surface area contributed by atoms with E-state index in [9.17, 15) is 19.5 Å². The Hall–Kier alpha value is -3.65. The van der Waals surface area contributed by atoms with Crippen LogP contribution in [-0.2, 0) is 19.1 Å². The number of ether oxygens (including phenoxy) is 2. The van der Waals surface area contributed by atoms with E-state index in [2.05, 4.69) is 29.6 Å². The molecule has 0 spiro atoms. The molecule has 2 atom stereocenters. The molecule has 8 heteroatoms. The van der Waals surface area contributed by atoms with Crippen molar-refractivity contribution in [3.63, 3.8) is 0 Å². The number of fused-ring (bicyclic) bond motifs is 3. The number of nitrogens with zero attached hydrogens (tertiary/aromatic N) is 1. The molecule has 34 heavy (non-hydrogen) atoms. The van der Waals surface area contributed by atoms with Crippen molar-refractivity contribution in [2.24, 2.45) is 0 Å². The number of carbonyl (C=O) groups excluding carboxylic acids is 2. The van der Waals surface area contributed by atoms with Crippen LogP contribution < -0.4 is 5.32 Å². The molecule has 1 aliphatic heterocycles. The Kier molecular flexibility index (Phi) is 6.98. The van der Waals surface area contributed by atoms with E-state index in [-0.39, 0.29) is 32.2 Å². The molecule has 2 aromatic carbocycles. The van der Waals surface area contributed by atoms with Crippen LogP contribution in [-0.4, -0.2) is 66.4 Å². The molecule has 0 aromatic heterocycles. The number of carbonyl (C=O) groups is 3. The highest BCUT2D eigenvalue weighted by molar-refractivity contribution is 5.95. The average Bonchev–Trinajstić information content (AvgIpc) is 3.15. The minimum atomic E-state index is -1.11. The first-order chi connectivity index (χ1) is 16.4.